The Balaban J connectivity index is 1.44. The van der Waals surface area contributed by atoms with Gasteiger partial charge < -0.3 is 4.90 Å². The molecule has 0 saturated carbocycles. The molecule has 0 spiro atoms. The van der Waals surface area contributed by atoms with Crippen molar-refractivity contribution in [2.45, 2.75) is 65.2 Å². The van der Waals surface area contributed by atoms with E-state index in [0.717, 1.165) is 31.0 Å². The molecule has 2 nitrogen and oxygen atoms in total. The van der Waals surface area contributed by atoms with E-state index in [1.807, 2.05) is 12.1 Å². The van der Waals surface area contributed by atoms with Gasteiger partial charge in [-0.2, -0.15) is 4.58 Å². The molecule has 214 valence electrons. The van der Waals surface area contributed by atoms with Crippen LogP contribution in [0.2, 0.25) is 5.02 Å². The van der Waals surface area contributed by atoms with Gasteiger partial charge in [-0.05, 0) is 92.7 Å². The van der Waals surface area contributed by atoms with Crippen molar-refractivity contribution in [3.05, 3.63) is 136 Å². The predicted molar refractivity (Wildman–Crippen MR) is 180 cm³/mol. The first-order chi connectivity index (χ1) is 20.2. The Bertz CT molecular complexity index is 1690. The molecule has 3 heteroatoms. The molecule has 3 aromatic rings. The van der Waals surface area contributed by atoms with Crippen LogP contribution in [-0.2, 0) is 10.8 Å². The zero-order chi connectivity index (χ0) is 29.6. The minimum absolute atomic E-state index is 0.0432. The monoisotopic (exact) mass is 573 g/mol. The summed E-state index contributed by atoms with van der Waals surface area (Å²) in [6.45, 7) is 15.8. The van der Waals surface area contributed by atoms with Crippen LogP contribution in [0.3, 0.4) is 0 Å². The van der Waals surface area contributed by atoms with Gasteiger partial charge >= 0.3 is 0 Å². The molecule has 3 aliphatic rings. The Morgan fingerprint density at radius 1 is 0.786 bits per heavy atom. The van der Waals surface area contributed by atoms with Crippen molar-refractivity contribution >= 4 is 34.3 Å². The van der Waals surface area contributed by atoms with Gasteiger partial charge in [-0.1, -0.05) is 86.1 Å². The minimum atomic E-state index is -0.0432. The van der Waals surface area contributed by atoms with E-state index in [4.69, 9.17) is 11.6 Å². The zero-order valence-electron chi connectivity index (χ0n) is 25.8. The van der Waals surface area contributed by atoms with E-state index < -0.39 is 0 Å². The molecule has 0 fully saturated rings. The van der Waals surface area contributed by atoms with Crippen LogP contribution >= 0.6 is 11.6 Å². The Labute approximate surface area is 257 Å². The third-order valence-electron chi connectivity index (χ3n) is 9.55. The predicted octanol–water partition coefficient (Wildman–Crippen LogP) is 10.2. The van der Waals surface area contributed by atoms with Crippen molar-refractivity contribution in [2.24, 2.45) is 0 Å². The summed E-state index contributed by atoms with van der Waals surface area (Å²) in [5.41, 5.74) is 13.4. The zero-order valence-corrected chi connectivity index (χ0v) is 26.6. The highest BCUT2D eigenvalue weighted by Crippen LogP contribution is 2.48. The van der Waals surface area contributed by atoms with E-state index in [9.17, 15) is 0 Å². The molecule has 42 heavy (non-hydrogen) atoms. The number of anilines is 1. The van der Waals surface area contributed by atoms with Gasteiger partial charge in [-0.25, -0.2) is 0 Å². The number of halogens is 1. The minimum Gasteiger partial charge on any atom is -0.344 e. The van der Waals surface area contributed by atoms with Crippen LogP contribution in [0.4, 0.5) is 11.4 Å². The van der Waals surface area contributed by atoms with Crippen LogP contribution in [0.15, 0.2) is 114 Å². The molecule has 0 amide bonds. The van der Waals surface area contributed by atoms with E-state index in [0.29, 0.717) is 0 Å². The third kappa shape index (κ3) is 4.61. The molecule has 2 aliphatic heterocycles. The van der Waals surface area contributed by atoms with Crippen LogP contribution in [0.25, 0.3) is 5.57 Å². The van der Waals surface area contributed by atoms with E-state index in [-0.39, 0.29) is 10.8 Å². The lowest BCUT2D eigenvalue weighted by molar-refractivity contribution is -0.433. The molecular weight excluding hydrogens is 532 g/mol. The van der Waals surface area contributed by atoms with Gasteiger partial charge in [0.25, 0.3) is 0 Å². The van der Waals surface area contributed by atoms with Gasteiger partial charge in [-0.3, -0.25) is 0 Å². The van der Waals surface area contributed by atoms with Gasteiger partial charge in [0, 0.05) is 46.1 Å². The highest BCUT2D eigenvalue weighted by molar-refractivity contribution is 6.30. The summed E-state index contributed by atoms with van der Waals surface area (Å²) >= 11 is 6.33. The maximum absolute atomic E-state index is 6.33. The normalized spacial score (nSPS) is 20.9. The molecule has 0 unspecified atom stereocenters. The van der Waals surface area contributed by atoms with Crippen molar-refractivity contribution in [2.75, 3.05) is 18.0 Å². The highest BCUT2D eigenvalue weighted by atomic mass is 35.5. The molecule has 3 aromatic carbocycles. The van der Waals surface area contributed by atoms with Crippen molar-refractivity contribution in [1.29, 1.82) is 0 Å². The Kier molecular flexibility index (Phi) is 7.39. The number of hydrogen-bond donors (Lipinski definition) is 0. The number of benzene rings is 3. The van der Waals surface area contributed by atoms with Crippen LogP contribution in [-0.4, -0.2) is 23.4 Å². The number of hydrogen-bond acceptors (Lipinski definition) is 1. The quantitative estimate of drug-likeness (QED) is 0.266. The molecule has 6 rings (SSSR count). The summed E-state index contributed by atoms with van der Waals surface area (Å²) in [7, 11) is 0. The van der Waals surface area contributed by atoms with Crippen LogP contribution in [0, 0.1) is 0 Å². The summed E-state index contributed by atoms with van der Waals surface area (Å²) in [4.78, 5) is 2.48. The summed E-state index contributed by atoms with van der Waals surface area (Å²) in [5.74, 6) is 0. The fourth-order valence-corrected chi connectivity index (χ4v) is 7.49. The summed E-state index contributed by atoms with van der Waals surface area (Å²) in [6, 6.07) is 26.1. The molecule has 2 heterocycles. The lowest BCUT2D eigenvalue weighted by atomic mass is 9.81. The largest absolute Gasteiger partial charge is 0.344 e. The molecule has 0 atom stereocenters. The van der Waals surface area contributed by atoms with E-state index in [2.05, 4.69) is 136 Å². The maximum atomic E-state index is 6.33. The Morgan fingerprint density at radius 2 is 1.48 bits per heavy atom. The van der Waals surface area contributed by atoms with Crippen LogP contribution < -0.4 is 4.90 Å². The number of fused-ring (bicyclic) bond motifs is 2. The first-order valence-electron chi connectivity index (χ1n) is 15.4. The lowest BCUT2D eigenvalue weighted by Gasteiger charge is -2.26. The summed E-state index contributed by atoms with van der Waals surface area (Å²) < 4.78 is 2.48. The van der Waals surface area contributed by atoms with Gasteiger partial charge in [0.1, 0.15) is 6.54 Å². The topological polar surface area (TPSA) is 6.25 Å². The number of nitrogens with zero attached hydrogens (tertiary/aromatic N) is 2. The number of allylic oxidation sites excluding steroid dienone is 8. The Hall–Kier alpha value is -3.62. The van der Waals surface area contributed by atoms with Crippen molar-refractivity contribution in [3.63, 3.8) is 0 Å². The third-order valence-corrected chi connectivity index (χ3v) is 9.81. The van der Waals surface area contributed by atoms with Crippen molar-refractivity contribution in [1.82, 2.24) is 0 Å². The standard InChI is InChI=1S/C39H42ClN2/c1-7-41-33-15-11-9-13-31(33)38(3,4)35(41)25-21-27-17-18-28(37(27)29-19-23-30(40)24-20-29)22-26-36-39(5,6)32-14-10-12-16-34(32)42(36)8-2/h9-16,19-26H,7-8,17-18H2,1-6H3/q+1. The van der Waals surface area contributed by atoms with E-state index in [1.54, 1.807) is 0 Å². The SMILES string of the molecule is CCN1/C(=C/C=C2\CCC(/C=C/C3=[N+](CC)c4ccccc4C3(C)C)=C2c2ccc(Cl)cc2)C(C)(C)c2ccccc21. The first-order valence-corrected chi connectivity index (χ1v) is 15.8. The molecule has 0 aromatic heterocycles. The molecule has 0 N–H and O–H groups in total. The first kappa shape index (κ1) is 28.5. The smallest absolute Gasteiger partial charge is 0.209 e. The Morgan fingerprint density at radius 3 is 2.19 bits per heavy atom. The van der Waals surface area contributed by atoms with Crippen LogP contribution in [0.5, 0.6) is 0 Å². The average Bonchev–Trinajstić information content (AvgIpc) is 3.56. The maximum Gasteiger partial charge on any atom is 0.209 e. The average molecular weight is 574 g/mol. The number of rotatable bonds is 6. The lowest BCUT2D eigenvalue weighted by Crippen LogP contribution is -2.27. The fraction of sp³-hybridized carbons (Fsp3) is 0.308. The van der Waals surface area contributed by atoms with Gasteiger partial charge in [-0.15, -0.1) is 0 Å². The van der Waals surface area contributed by atoms with E-state index >= 15 is 0 Å². The summed E-state index contributed by atoms with van der Waals surface area (Å²) in [6.07, 6.45) is 11.6. The van der Waals surface area contributed by atoms with Crippen molar-refractivity contribution in [3.8, 4) is 0 Å². The summed E-state index contributed by atoms with van der Waals surface area (Å²) in [5, 5.41) is 0.769. The van der Waals surface area contributed by atoms with Gasteiger partial charge in [0.15, 0.2) is 5.71 Å². The number of likely N-dealkylation sites (N-methyl/N-ethyl adjacent to an activating group) is 1. The fourth-order valence-electron chi connectivity index (χ4n) is 7.37. The number of para-hydroxylation sites is 2. The van der Waals surface area contributed by atoms with Crippen molar-refractivity contribution < 1.29 is 4.58 Å². The second-order valence-electron chi connectivity index (χ2n) is 12.6. The molecular formula is C39H42ClN2+. The highest BCUT2D eigenvalue weighted by Gasteiger charge is 2.43. The van der Waals surface area contributed by atoms with Gasteiger partial charge in [0.05, 0.1) is 5.41 Å². The second kappa shape index (κ2) is 10.9. The second-order valence-corrected chi connectivity index (χ2v) is 13.1. The molecule has 0 bridgehead atoms. The van der Waals surface area contributed by atoms with E-state index in [1.165, 1.54) is 56.2 Å². The molecule has 1 aliphatic carbocycles. The molecule has 0 saturated heterocycles. The van der Waals surface area contributed by atoms with Crippen LogP contribution in [0.1, 0.15) is 71.1 Å². The van der Waals surface area contributed by atoms with Gasteiger partial charge in [0.2, 0.25) is 5.69 Å². The molecule has 0 radical (unpaired) electrons.